The predicted molar refractivity (Wildman–Crippen MR) is 80.5 cm³/mol. The highest BCUT2D eigenvalue weighted by Crippen LogP contribution is 2.21. The normalized spacial score (nSPS) is 10.6. The zero-order valence-corrected chi connectivity index (χ0v) is 11.1. The molecule has 94 valence electrons. The molecule has 0 radical (unpaired) electrons. The van der Waals surface area contributed by atoms with Crippen LogP contribution in [-0.4, -0.2) is 4.98 Å². The number of benzene rings is 2. The van der Waals surface area contributed by atoms with E-state index in [1.54, 1.807) is 0 Å². The minimum atomic E-state index is 0.710. The van der Waals surface area contributed by atoms with Gasteiger partial charge < -0.3 is 5.32 Å². The average Bonchev–Trinajstić information content (AvgIpc) is 2.45. The number of aromatic nitrogens is 1. The number of hydrogen-bond donors (Lipinski definition) is 1. The van der Waals surface area contributed by atoms with E-state index in [9.17, 15) is 0 Å². The third kappa shape index (κ3) is 2.69. The molecule has 0 spiro atoms. The van der Waals surface area contributed by atoms with Crippen molar-refractivity contribution in [1.29, 1.82) is 0 Å². The first-order valence-electron chi connectivity index (χ1n) is 6.15. The molecule has 1 heterocycles. The molecule has 0 saturated heterocycles. The van der Waals surface area contributed by atoms with E-state index in [1.165, 1.54) is 5.39 Å². The number of nitrogens with one attached hydrogen (secondary N) is 1. The van der Waals surface area contributed by atoms with Gasteiger partial charge in [-0.3, -0.25) is 0 Å². The van der Waals surface area contributed by atoms with Crippen molar-refractivity contribution >= 4 is 28.2 Å². The van der Waals surface area contributed by atoms with Crippen LogP contribution in [-0.2, 0) is 6.54 Å². The van der Waals surface area contributed by atoms with Crippen molar-refractivity contribution in [3.05, 3.63) is 71.4 Å². The second-order valence-electron chi connectivity index (χ2n) is 4.36. The van der Waals surface area contributed by atoms with Crippen molar-refractivity contribution in [1.82, 2.24) is 4.98 Å². The number of rotatable bonds is 3. The molecule has 3 aromatic rings. The van der Waals surface area contributed by atoms with Gasteiger partial charge in [-0.25, -0.2) is 4.98 Å². The Hall–Kier alpha value is -2.06. The molecule has 2 nitrogen and oxygen atoms in total. The van der Waals surface area contributed by atoms with Gasteiger partial charge >= 0.3 is 0 Å². The zero-order valence-electron chi connectivity index (χ0n) is 10.3. The fourth-order valence-corrected chi connectivity index (χ4v) is 2.31. The van der Waals surface area contributed by atoms with Crippen LogP contribution in [0.15, 0.2) is 60.8 Å². The summed E-state index contributed by atoms with van der Waals surface area (Å²) < 4.78 is 0. The zero-order chi connectivity index (χ0) is 13.1. The fraction of sp³-hybridized carbons (Fsp3) is 0.0625. The average molecular weight is 269 g/mol. The Balaban J connectivity index is 1.86. The summed E-state index contributed by atoms with van der Waals surface area (Å²) in [5.74, 6) is 0.901. The molecular weight excluding hydrogens is 256 g/mol. The van der Waals surface area contributed by atoms with Gasteiger partial charge in [0.2, 0.25) is 0 Å². The molecule has 0 saturated carbocycles. The Bertz CT molecular complexity index is 704. The highest BCUT2D eigenvalue weighted by atomic mass is 35.5. The number of halogens is 1. The Labute approximate surface area is 117 Å². The molecule has 19 heavy (non-hydrogen) atoms. The second-order valence-corrected chi connectivity index (χ2v) is 4.80. The summed E-state index contributed by atoms with van der Waals surface area (Å²) in [4.78, 5) is 4.40. The summed E-state index contributed by atoms with van der Waals surface area (Å²) in [6.07, 6.45) is 1.82. The van der Waals surface area contributed by atoms with Gasteiger partial charge in [0.25, 0.3) is 0 Å². The fourth-order valence-electron chi connectivity index (χ4n) is 2.09. The lowest BCUT2D eigenvalue weighted by Gasteiger charge is -2.08. The molecule has 1 N–H and O–H groups in total. The summed E-state index contributed by atoms with van der Waals surface area (Å²) in [6, 6.07) is 18.1. The van der Waals surface area contributed by atoms with E-state index in [2.05, 4.69) is 22.4 Å². The van der Waals surface area contributed by atoms with Crippen LogP contribution in [0.2, 0.25) is 5.02 Å². The first-order chi connectivity index (χ1) is 9.33. The van der Waals surface area contributed by atoms with E-state index in [0.717, 1.165) is 21.8 Å². The van der Waals surface area contributed by atoms with E-state index in [4.69, 9.17) is 11.6 Å². The van der Waals surface area contributed by atoms with Gasteiger partial charge in [0.15, 0.2) is 0 Å². The summed E-state index contributed by atoms with van der Waals surface area (Å²) in [5, 5.41) is 6.43. The molecule has 0 unspecified atom stereocenters. The molecule has 3 rings (SSSR count). The quantitative estimate of drug-likeness (QED) is 0.756. The van der Waals surface area contributed by atoms with Crippen molar-refractivity contribution in [2.75, 3.05) is 5.32 Å². The van der Waals surface area contributed by atoms with Gasteiger partial charge in [0, 0.05) is 23.2 Å². The standard InChI is InChI=1S/C16H13ClN2/c17-14-6-3-4-12(10-14)11-19-16-15-7-2-1-5-13(15)8-9-18-16/h1-10H,11H2,(H,18,19). The monoisotopic (exact) mass is 268 g/mol. The van der Waals surface area contributed by atoms with Crippen LogP contribution in [0.1, 0.15) is 5.56 Å². The SMILES string of the molecule is Clc1cccc(CNc2nccc3ccccc23)c1. The molecule has 0 aliphatic carbocycles. The van der Waals surface area contributed by atoms with Crippen LogP contribution in [0.25, 0.3) is 10.8 Å². The predicted octanol–water partition coefficient (Wildman–Crippen LogP) is 4.50. The Morgan fingerprint density at radius 1 is 1.00 bits per heavy atom. The Morgan fingerprint density at radius 3 is 2.79 bits per heavy atom. The summed E-state index contributed by atoms with van der Waals surface area (Å²) >= 11 is 5.98. The van der Waals surface area contributed by atoms with Gasteiger partial charge in [-0.1, -0.05) is 48.0 Å². The maximum atomic E-state index is 5.98. The lowest BCUT2D eigenvalue weighted by Crippen LogP contribution is -2.01. The van der Waals surface area contributed by atoms with E-state index in [0.29, 0.717) is 6.54 Å². The molecule has 0 aliphatic rings. The highest BCUT2D eigenvalue weighted by molar-refractivity contribution is 6.30. The van der Waals surface area contributed by atoms with Gasteiger partial charge in [-0.05, 0) is 29.1 Å². The molecule has 0 amide bonds. The Kier molecular flexibility index (Phi) is 3.34. The lowest BCUT2D eigenvalue weighted by atomic mass is 10.1. The first kappa shape index (κ1) is 12.0. The molecule has 0 atom stereocenters. The number of pyridine rings is 1. The van der Waals surface area contributed by atoms with Crippen molar-refractivity contribution < 1.29 is 0 Å². The van der Waals surface area contributed by atoms with Crippen molar-refractivity contribution in [2.24, 2.45) is 0 Å². The van der Waals surface area contributed by atoms with Crippen LogP contribution < -0.4 is 5.32 Å². The summed E-state index contributed by atoms with van der Waals surface area (Å²) in [5.41, 5.74) is 1.14. The van der Waals surface area contributed by atoms with Crippen LogP contribution in [0.4, 0.5) is 5.82 Å². The maximum absolute atomic E-state index is 5.98. The minimum Gasteiger partial charge on any atom is -0.365 e. The van der Waals surface area contributed by atoms with E-state index in [-0.39, 0.29) is 0 Å². The summed E-state index contributed by atoms with van der Waals surface area (Å²) in [6.45, 7) is 0.710. The highest BCUT2D eigenvalue weighted by Gasteiger charge is 2.01. The van der Waals surface area contributed by atoms with Crippen LogP contribution in [0.5, 0.6) is 0 Å². The first-order valence-corrected chi connectivity index (χ1v) is 6.53. The van der Waals surface area contributed by atoms with E-state index >= 15 is 0 Å². The molecular formula is C16H13ClN2. The van der Waals surface area contributed by atoms with Crippen molar-refractivity contribution in [3.63, 3.8) is 0 Å². The molecule has 2 aromatic carbocycles. The number of hydrogen-bond acceptors (Lipinski definition) is 2. The van der Waals surface area contributed by atoms with Crippen LogP contribution >= 0.6 is 11.6 Å². The number of anilines is 1. The topological polar surface area (TPSA) is 24.9 Å². The third-order valence-corrected chi connectivity index (χ3v) is 3.26. The molecule has 3 heteroatoms. The van der Waals surface area contributed by atoms with Crippen molar-refractivity contribution in [3.8, 4) is 0 Å². The van der Waals surface area contributed by atoms with Crippen LogP contribution in [0, 0.1) is 0 Å². The third-order valence-electron chi connectivity index (χ3n) is 3.02. The maximum Gasteiger partial charge on any atom is 0.134 e. The van der Waals surface area contributed by atoms with Gasteiger partial charge in [0.1, 0.15) is 5.82 Å². The van der Waals surface area contributed by atoms with E-state index < -0.39 is 0 Å². The van der Waals surface area contributed by atoms with Crippen molar-refractivity contribution in [2.45, 2.75) is 6.54 Å². The van der Waals surface area contributed by atoms with Gasteiger partial charge in [-0.15, -0.1) is 0 Å². The second kappa shape index (κ2) is 5.29. The van der Waals surface area contributed by atoms with E-state index in [1.807, 2.05) is 48.7 Å². The lowest BCUT2D eigenvalue weighted by molar-refractivity contribution is 1.12. The molecule has 0 bridgehead atoms. The number of fused-ring (bicyclic) bond motifs is 1. The molecule has 0 aliphatic heterocycles. The summed E-state index contributed by atoms with van der Waals surface area (Å²) in [7, 11) is 0. The smallest absolute Gasteiger partial charge is 0.134 e. The largest absolute Gasteiger partial charge is 0.365 e. The van der Waals surface area contributed by atoms with Gasteiger partial charge in [-0.2, -0.15) is 0 Å². The minimum absolute atomic E-state index is 0.710. The Morgan fingerprint density at radius 2 is 1.89 bits per heavy atom. The molecule has 1 aromatic heterocycles. The molecule has 0 fully saturated rings. The van der Waals surface area contributed by atoms with Gasteiger partial charge in [0.05, 0.1) is 0 Å². The number of nitrogens with zero attached hydrogens (tertiary/aromatic N) is 1. The van der Waals surface area contributed by atoms with Crippen LogP contribution in [0.3, 0.4) is 0 Å².